The highest BCUT2D eigenvalue weighted by Gasteiger charge is 2.28. The first kappa shape index (κ1) is 13.9. The van der Waals surface area contributed by atoms with Crippen LogP contribution in [-0.4, -0.2) is 44.0 Å². The summed E-state index contributed by atoms with van der Waals surface area (Å²) in [6, 6.07) is 0. The first-order valence-electron chi connectivity index (χ1n) is 6.69. The molecule has 0 bridgehead atoms. The van der Waals surface area contributed by atoms with Crippen molar-refractivity contribution in [2.45, 2.75) is 51.7 Å². The van der Waals surface area contributed by atoms with Crippen LogP contribution in [-0.2, 0) is 16.1 Å². The van der Waals surface area contributed by atoms with Gasteiger partial charge in [-0.05, 0) is 29.7 Å². The summed E-state index contributed by atoms with van der Waals surface area (Å²) in [6.07, 6.45) is 2.09. The zero-order chi connectivity index (χ0) is 13.8. The second-order valence-corrected chi connectivity index (χ2v) is 5.17. The van der Waals surface area contributed by atoms with Gasteiger partial charge in [-0.25, -0.2) is 4.68 Å². The van der Waals surface area contributed by atoms with Gasteiger partial charge in [0.05, 0.1) is 12.7 Å². The molecule has 1 N–H and O–H groups in total. The Morgan fingerprint density at radius 3 is 3.00 bits per heavy atom. The molecule has 19 heavy (non-hydrogen) atoms. The minimum Gasteiger partial charge on any atom is -0.481 e. The molecule has 1 aliphatic rings. The molecule has 0 amide bonds. The Labute approximate surface area is 111 Å². The molecule has 0 spiro atoms. The number of hydrogen-bond acceptors (Lipinski definition) is 5. The van der Waals surface area contributed by atoms with Crippen LogP contribution < -0.4 is 0 Å². The summed E-state index contributed by atoms with van der Waals surface area (Å²) in [5.74, 6) is 0.305. The highest BCUT2D eigenvalue weighted by molar-refractivity contribution is 5.66. The predicted molar refractivity (Wildman–Crippen MR) is 66.6 cm³/mol. The van der Waals surface area contributed by atoms with Gasteiger partial charge < -0.3 is 9.84 Å². The summed E-state index contributed by atoms with van der Waals surface area (Å²) in [4.78, 5) is 10.8. The van der Waals surface area contributed by atoms with E-state index >= 15 is 0 Å². The van der Waals surface area contributed by atoms with Gasteiger partial charge in [-0.1, -0.05) is 13.3 Å². The minimum atomic E-state index is -0.778. The smallest absolute Gasteiger partial charge is 0.303 e. The summed E-state index contributed by atoms with van der Waals surface area (Å²) < 4.78 is 7.28. The van der Waals surface area contributed by atoms with Crippen molar-refractivity contribution in [1.82, 2.24) is 20.2 Å². The van der Waals surface area contributed by atoms with Crippen LogP contribution in [0.5, 0.6) is 0 Å². The highest BCUT2D eigenvalue weighted by Crippen LogP contribution is 2.27. The van der Waals surface area contributed by atoms with Gasteiger partial charge in [0.25, 0.3) is 0 Å². The molecule has 0 radical (unpaired) electrons. The quantitative estimate of drug-likeness (QED) is 0.829. The van der Waals surface area contributed by atoms with E-state index in [1.54, 1.807) is 4.68 Å². The van der Waals surface area contributed by atoms with E-state index in [1.165, 1.54) is 0 Å². The molecule has 0 saturated carbocycles. The van der Waals surface area contributed by atoms with Crippen molar-refractivity contribution in [1.29, 1.82) is 0 Å². The van der Waals surface area contributed by atoms with Crippen LogP contribution in [0.4, 0.5) is 0 Å². The van der Waals surface area contributed by atoms with E-state index in [0.29, 0.717) is 13.2 Å². The number of aromatic nitrogens is 4. The number of carbonyl (C=O) groups is 1. The van der Waals surface area contributed by atoms with Crippen molar-refractivity contribution in [2.75, 3.05) is 6.61 Å². The van der Waals surface area contributed by atoms with Gasteiger partial charge in [0.15, 0.2) is 5.82 Å². The van der Waals surface area contributed by atoms with Crippen LogP contribution >= 0.6 is 0 Å². The highest BCUT2D eigenvalue weighted by atomic mass is 16.5. The third-order valence-electron chi connectivity index (χ3n) is 3.59. The molecule has 1 fully saturated rings. The van der Waals surface area contributed by atoms with E-state index in [4.69, 9.17) is 9.84 Å². The van der Waals surface area contributed by atoms with E-state index < -0.39 is 5.97 Å². The van der Waals surface area contributed by atoms with Crippen LogP contribution in [0.3, 0.4) is 0 Å². The molecule has 3 unspecified atom stereocenters. The molecule has 0 aliphatic carbocycles. The maximum Gasteiger partial charge on any atom is 0.303 e. The second kappa shape index (κ2) is 6.10. The zero-order valence-electron chi connectivity index (χ0n) is 11.3. The Kier molecular flexibility index (Phi) is 4.47. The van der Waals surface area contributed by atoms with Crippen LogP contribution in [0.1, 0.15) is 44.9 Å². The van der Waals surface area contributed by atoms with Gasteiger partial charge >= 0.3 is 5.97 Å². The molecule has 2 heterocycles. The van der Waals surface area contributed by atoms with Crippen molar-refractivity contribution in [3.8, 4) is 0 Å². The van der Waals surface area contributed by atoms with Gasteiger partial charge in [-0.2, -0.15) is 0 Å². The molecule has 7 heteroatoms. The average Bonchev–Trinajstić information content (AvgIpc) is 2.96. The van der Waals surface area contributed by atoms with Crippen LogP contribution in [0.25, 0.3) is 0 Å². The van der Waals surface area contributed by atoms with Gasteiger partial charge in [-0.3, -0.25) is 4.79 Å². The lowest BCUT2D eigenvalue weighted by Crippen LogP contribution is -2.19. The zero-order valence-corrected chi connectivity index (χ0v) is 11.3. The normalized spacial score (nSPS) is 24.5. The maximum absolute atomic E-state index is 10.8. The number of hydrogen-bond donors (Lipinski definition) is 1. The molecule has 1 aromatic heterocycles. The Bertz CT molecular complexity index is 434. The number of carboxylic acid groups (broad SMARTS) is 1. The van der Waals surface area contributed by atoms with Gasteiger partial charge in [-0.15, -0.1) is 5.10 Å². The summed E-state index contributed by atoms with van der Waals surface area (Å²) in [7, 11) is 0. The molecule has 106 valence electrons. The van der Waals surface area contributed by atoms with Crippen molar-refractivity contribution >= 4 is 5.97 Å². The van der Waals surface area contributed by atoms with Crippen molar-refractivity contribution in [3.05, 3.63) is 5.82 Å². The lowest BCUT2D eigenvalue weighted by atomic mass is 10.0. The minimum absolute atomic E-state index is 0.0551. The summed E-state index contributed by atoms with van der Waals surface area (Å²) >= 11 is 0. The molecular formula is C12H20N4O3. The lowest BCUT2D eigenvalue weighted by Gasteiger charge is -2.14. The first-order chi connectivity index (χ1) is 9.10. The monoisotopic (exact) mass is 268 g/mol. The second-order valence-electron chi connectivity index (χ2n) is 5.17. The topological polar surface area (TPSA) is 90.1 Å². The predicted octanol–water partition coefficient (Wildman–Crippen LogP) is 1.07. The van der Waals surface area contributed by atoms with Gasteiger partial charge in [0, 0.05) is 18.9 Å². The maximum atomic E-state index is 10.8. The number of rotatable bonds is 6. The third-order valence-corrected chi connectivity index (χ3v) is 3.59. The molecule has 3 atom stereocenters. The lowest BCUT2D eigenvalue weighted by molar-refractivity contribution is -0.138. The van der Waals surface area contributed by atoms with Crippen molar-refractivity contribution < 1.29 is 14.6 Å². The molecule has 2 rings (SSSR count). The fourth-order valence-electron chi connectivity index (χ4n) is 2.46. The van der Waals surface area contributed by atoms with E-state index in [2.05, 4.69) is 15.5 Å². The Morgan fingerprint density at radius 2 is 2.42 bits per heavy atom. The SMILES string of the molecule is CCC(CC(=O)O)Cn1nnnc1C1COC(C)C1. The molecule has 1 aromatic rings. The van der Waals surface area contributed by atoms with E-state index in [1.807, 2.05) is 13.8 Å². The largest absolute Gasteiger partial charge is 0.481 e. The fourth-order valence-corrected chi connectivity index (χ4v) is 2.46. The molecule has 1 saturated heterocycles. The number of ether oxygens (including phenoxy) is 1. The standard InChI is InChI=1S/C12H20N4O3/c1-3-9(5-11(17)18)6-16-12(13-14-15-16)10-4-8(2)19-7-10/h8-10H,3-7H2,1-2H3,(H,17,18). The molecule has 1 aliphatic heterocycles. The van der Waals surface area contributed by atoms with Crippen LogP contribution in [0, 0.1) is 5.92 Å². The number of tetrazole rings is 1. The van der Waals surface area contributed by atoms with E-state index in [9.17, 15) is 4.79 Å². The Balaban J connectivity index is 2.04. The van der Waals surface area contributed by atoms with Crippen LogP contribution in [0.15, 0.2) is 0 Å². The van der Waals surface area contributed by atoms with Crippen LogP contribution in [0.2, 0.25) is 0 Å². The van der Waals surface area contributed by atoms with Gasteiger partial charge in [0.1, 0.15) is 0 Å². The van der Waals surface area contributed by atoms with Crippen molar-refractivity contribution in [2.24, 2.45) is 5.92 Å². The van der Waals surface area contributed by atoms with E-state index in [0.717, 1.165) is 18.7 Å². The summed E-state index contributed by atoms with van der Waals surface area (Å²) in [5.41, 5.74) is 0. The Hall–Kier alpha value is -1.50. The Morgan fingerprint density at radius 1 is 1.63 bits per heavy atom. The molecular weight excluding hydrogens is 248 g/mol. The number of aliphatic carboxylic acids is 1. The average molecular weight is 268 g/mol. The number of carboxylic acids is 1. The van der Waals surface area contributed by atoms with E-state index in [-0.39, 0.29) is 24.4 Å². The number of nitrogens with zero attached hydrogens (tertiary/aromatic N) is 4. The van der Waals surface area contributed by atoms with Crippen molar-refractivity contribution in [3.63, 3.8) is 0 Å². The van der Waals surface area contributed by atoms with Gasteiger partial charge in [0.2, 0.25) is 0 Å². The third kappa shape index (κ3) is 3.50. The molecule has 0 aromatic carbocycles. The summed E-state index contributed by atoms with van der Waals surface area (Å²) in [5, 5.41) is 20.7. The summed E-state index contributed by atoms with van der Waals surface area (Å²) in [6.45, 7) is 5.21. The fraction of sp³-hybridized carbons (Fsp3) is 0.833. The first-order valence-corrected chi connectivity index (χ1v) is 6.69. The molecule has 7 nitrogen and oxygen atoms in total.